The largest absolute Gasteiger partial charge is 0.494 e. The molecule has 2 atom stereocenters. The highest BCUT2D eigenvalue weighted by Gasteiger charge is 2.37. The van der Waals surface area contributed by atoms with E-state index in [0.717, 1.165) is 11.3 Å². The Labute approximate surface area is 152 Å². The molecule has 1 aliphatic rings. The molecule has 1 heterocycles. The average molecular weight is 351 g/mol. The van der Waals surface area contributed by atoms with Crippen LogP contribution in [-0.2, 0) is 4.79 Å². The molecule has 0 saturated carbocycles. The molecule has 0 bridgehead atoms. The van der Waals surface area contributed by atoms with E-state index in [1.54, 1.807) is 12.1 Å². The first-order valence-corrected chi connectivity index (χ1v) is 8.43. The third-order valence-corrected chi connectivity index (χ3v) is 4.14. The van der Waals surface area contributed by atoms with Crippen molar-refractivity contribution in [1.29, 1.82) is 0 Å². The number of amides is 3. The van der Waals surface area contributed by atoms with Gasteiger partial charge in [0.15, 0.2) is 0 Å². The van der Waals surface area contributed by atoms with Gasteiger partial charge in [-0.2, -0.15) is 0 Å². The maximum Gasteiger partial charge on any atom is 0.319 e. The van der Waals surface area contributed by atoms with Gasteiger partial charge >= 0.3 is 6.03 Å². The minimum absolute atomic E-state index is 0.243. The van der Waals surface area contributed by atoms with Gasteiger partial charge < -0.3 is 20.7 Å². The Morgan fingerprint density at radius 3 is 2.50 bits per heavy atom. The van der Waals surface area contributed by atoms with E-state index in [0.29, 0.717) is 18.0 Å². The van der Waals surface area contributed by atoms with Gasteiger partial charge in [-0.15, -0.1) is 0 Å². The van der Waals surface area contributed by atoms with Crippen LogP contribution in [0.15, 0.2) is 66.9 Å². The molecule has 3 amide bonds. The second-order valence-electron chi connectivity index (χ2n) is 5.94. The molecule has 0 aliphatic carbocycles. The predicted octanol–water partition coefficient (Wildman–Crippen LogP) is 3.21. The third kappa shape index (κ3) is 3.85. The maximum atomic E-state index is 12.8. The first kappa shape index (κ1) is 17.5. The van der Waals surface area contributed by atoms with Crippen molar-refractivity contribution < 1.29 is 14.3 Å². The van der Waals surface area contributed by atoms with Gasteiger partial charge in [0.05, 0.1) is 12.6 Å². The lowest BCUT2D eigenvalue weighted by Gasteiger charge is -2.34. The molecular weight excluding hydrogens is 330 g/mol. The number of carbonyl (C=O) groups excluding carboxylic acids is 2. The molecule has 0 aromatic heterocycles. The molecule has 0 spiro atoms. The highest BCUT2D eigenvalue weighted by molar-refractivity contribution is 5.97. The molecule has 0 unspecified atom stereocenters. The van der Waals surface area contributed by atoms with Crippen molar-refractivity contribution >= 4 is 17.6 Å². The van der Waals surface area contributed by atoms with Crippen LogP contribution in [0.25, 0.3) is 0 Å². The minimum Gasteiger partial charge on any atom is -0.494 e. The van der Waals surface area contributed by atoms with Crippen molar-refractivity contribution in [2.75, 3.05) is 11.9 Å². The number of hydrogen-bond acceptors (Lipinski definition) is 3. The first-order chi connectivity index (χ1) is 12.6. The van der Waals surface area contributed by atoms with Crippen molar-refractivity contribution in [3.63, 3.8) is 0 Å². The summed E-state index contributed by atoms with van der Waals surface area (Å²) in [6.07, 6.45) is 0. The number of hydrogen-bond donors (Lipinski definition) is 3. The van der Waals surface area contributed by atoms with Crippen molar-refractivity contribution in [3.8, 4) is 5.75 Å². The second kappa shape index (κ2) is 7.74. The fourth-order valence-corrected chi connectivity index (χ4v) is 2.95. The lowest BCUT2D eigenvalue weighted by molar-refractivity contribution is -0.119. The zero-order valence-electron chi connectivity index (χ0n) is 14.5. The normalized spacial score (nSPS) is 19.3. The number of urea groups is 1. The fraction of sp³-hybridized carbons (Fsp3) is 0.200. The number of nitrogens with one attached hydrogen (secondary N) is 3. The molecule has 6 nitrogen and oxygen atoms in total. The molecule has 1 aliphatic heterocycles. The summed E-state index contributed by atoms with van der Waals surface area (Å²) < 4.78 is 5.45. The predicted molar refractivity (Wildman–Crippen MR) is 99.7 cm³/mol. The van der Waals surface area contributed by atoms with E-state index < -0.39 is 12.0 Å². The molecule has 0 radical (unpaired) electrons. The average Bonchev–Trinajstić information content (AvgIpc) is 2.62. The van der Waals surface area contributed by atoms with Crippen molar-refractivity contribution in [2.24, 2.45) is 5.92 Å². The molecule has 2 aromatic rings. The molecule has 1 fully saturated rings. The maximum absolute atomic E-state index is 12.8. The number of rotatable bonds is 5. The van der Waals surface area contributed by atoms with Gasteiger partial charge in [-0.25, -0.2) is 4.79 Å². The minimum atomic E-state index is -0.647. The lowest BCUT2D eigenvalue weighted by Crippen LogP contribution is -2.51. The van der Waals surface area contributed by atoms with Crippen molar-refractivity contribution in [2.45, 2.75) is 13.0 Å². The summed E-state index contributed by atoms with van der Waals surface area (Å²) in [4.78, 5) is 24.8. The van der Waals surface area contributed by atoms with E-state index in [1.165, 1.54) is 0 Å². The van der Waals surface area contributed by atoms with Crippen LogP contribution in [0.2, 0.25) is 0 Å². The molecule has 3 rings (SSSR count). The lowest BCUT2D eigenvalue weighted by atomic mass is 9.88. The number of para-hydroxylation sites is 1. The van der Waals surface area contributed by atoms with Gasteiger partial charge in [0.2, 0.25) is 5.91 Å². The van der Waals surface area contributed by atoms with Crippen LogP contribution < -0.4 is 20.7 Å². The highest BCUT2D eigenvalue weighted by Crippen LogP contribution is 2.31. The Morgan fingerprint density at radius 1 is 1.15 bits per heavy atom. The fourth-order valence-electron chi connectivity index (χ4n) is 2.95. The van der Waals surface area contributed by atoms with Gasteiger partial charge in [-0.1, -0.05) is 36.9 Å². The van der Waals surface area contributed by atoms with Crippen LogP contribution in [0.5, 0.6) is 5.75 Å². The number of anilines is 1. The highest BCUT2D eigenvalue weighted by atomic mass is 16.5. The van der Waals surface area contributed by atoms with E-state index in [4.69, 9.17) is 4.74 Å². The number of carbonyl (C=O) groups is 2. The molecule has 1 saturated heterocycles. The van der Waals surface area contributed by atoms with Crippen LogP contribution in [0.1, 0.15) is 18.5 Å². The van der Waals surface area contributed by atoms with Gasteiger partial charge in [-0.3, -0.25) is 4.79 Å². The molecule has 3 N–H and O–H groups in total. The van der Waals surface area contributed by atoms with E-state index >= 15 is 0 Å². The van der Waals surface area contributed by atoms with Crippen LogP contribution >= 0.6 is 0 Å². The number of benzene rings is 2. The quantitative estimate of drug-likeness (QED) is 0.774. The summed E-state index contributed by atoms with van der Waals surface area (Å²) in [5.74, 6) is -0.154. The molecular formula is C20H21N3O3. The Morgan fingerprint density at radius 2 is 1.85 bits per heavy atom. The SMILES string of the molecule is C=C1NC(=O)N[C@H](c2ccc(OCC)cc2)[C@@H]1C(=O)Nc1ccccc1. The van der Waals surface area contributed by atoms with E-state index in [1.807, 2.05) is 49.4 Å². The van der Waals surface area contributed by atoms with Crippen molar-refractivity contribution in [3.05, 3.63) is 72.4 Å². The molecule has 26 heavy (non-hydrogen) atoms. The van der Waals surface area contributed by atoms with Crippen LogP contribution in [0, 0.1) is 5.92 Å². The summed E-state index contributed by atoms with van der Waals surface area (Å²) in [6, 6.07) is 15.6. The van der Waals surface area contributed by atoms with Crippen molar-refractivity contribution in [1.82, 2.24) is 10.6 Å². The summed E-state index contributed by atoms with van der Waals surface area (Å²) in [5, 5.41) is 8.29. The number of ether oxygens (including phenoxy) is 1. The summed E-state index contributed by atoms with van der Waals surface area (Å²) in [6.45, 7) is 6.36. The van der Waals surface area contributed by atoms with Crippen LogP contribution in [0.4, 0.5) is 10.5 Å². The summed E-state index contributed by atoms with van der Waals surface area (Å²) >= 11 is 0. The smallest absolute Gasteiger partial charge is 0.319 e. The van der Waals surface area contributed by atoms with Gasteiger partial charge in [-0.05, 0) is 36.8 Å². The van der Waals surface area contributed by atoms with Crippen LogP contribution in [0.3, 0.4) is 0 Å². The summed E-state index contributed by atoms with van der Waals surface area (Å²) in [7, 11) is 0. The zero-order chi connectivity index (χ0) is 18.5. The Kier molecular flexibility index (Phi) is 5.22. The van der Waals surface area contributed by atoms with Gasteiger partial charge in [0, 0.05) is 11.4 Å². The third-order valence-electron chi connectivity index (χ3n) is 4.14. The second-order valence-corrected chi connectivity index (χ2v) is 5.94. The first-order valence-electron chi connectivity index (χ1n) is 8.43. The van der Waals surface area contributed by atoms with Gasteiger partial charge in [0.1, 0.15) is 11.7 Å². The Bertz CT molecular complexity index is 803. The Balaban J connectivity index is 1.85. The van der Waals surface area contributed by atoms with Gasteiger partial charge in [0.25, 0.3) is 0 Å². The topological polar surface area (TPSA) is 79.5 Å². The van der Waals surface area contributed by atoms with Crippen LogP contribution in [-0.4, -0.2) is 18.5 Å². The molecule has 134 valence electrons. The zero-order valence-corrected chi connectivity index (χ0v) is 14.5. The molecule has 6 heteroatoms. The van der Waals surface area contributed by atoms with E-state index in [9.17, 15) is 9.59 Å². The monoisotopic (exact) mass is 351 g/mol. The van der Waals surface area contributed by atoms with E-state index in [-0.39, 0.29) is 11.9 Å². The summed E-state index contributed by atoms with van der Waals surface area (Å²) in [5.41, 5.74) is 1.85. The standard InChI is InChI=1S/C20H21N3O3/c1-3-26-16-11-9-14(10-12-16)18-17(13(2)21-20(25)23-18)19(24)22-15-7-5-4-6-8-15/h4-12,17-18H,2-3H2,1H3,(H,22,24)(H2,21,23,25)/t17-,18-/m1/s1. The molecule has 2 aromatic carbocycles. The Hall–Kier alpha value is -3.28. The van der Waals surface area contributed by atoms with E-state index in [2.05, 4.69) is 22.5 Å².